The molecule has 0 spiro atoms. The van der Waals surface area contributed by atoms with E-state index in [0.717, 1.165) is 38.9 Å². The van der Waals surface area contributed by atoms with E-state index >= 15 is 0 Å². The lowest BCUT2D eigenvalue weighted by molar-refractivity contribution is 0.0705. The maximum absolute atomic E-state index is 13.9. The van der Waals surface area contributed by atoms with Gasteiger partial charge in [-0.3, -0.25) is 4.90 Å². The molecule has 1 unspecified atom stereocenters. The summed E-state index contributed by atoms with van der Waals surface area (Å²) in [6.45, 7) is 8.37. The Balaban J connectivity index is 1.64. The van der Waals surface area contributed by atoms with E-state index in [-0.39, 0.29) is 12.0 Å². The zero-order valence-corrected chi connectivity index (χ0v) is 16.7. The maximum Gasteiger partial charge on any atom is 0.110 e. The highest BCUT2D eigenvalue weighted by Crippen LogP contribution is 2.46. The quantitative estimate of drug-likeness (QED) is 0.572. The van der Waals surface area contributed by atoms with Gasteiger partial charge >= 0.3 is 0 Å². The molecule has 3 rings (SSSR count). The van der Waals surface area contributed by atoms with Gasteiger partial charge in [0.05, 0.1) is 6.61 Å². The van der Waals surface area contributed by atoms with Gasteiger partial charge < -0.3 is 5.11 Å². The van der Waals surface area contributed by atoms with Gasteiger partial charge in [0.25, 0.3) is 0 Å². The fourth-order valence-corrected chi connectivity index (χ4v) is 4.76. The number of hydrogen-bond acceptors (Lipinski definition) is 3. The number of aliphatic hydroxyl groups excluding tert-OH is 1. The molecule has 0 radical (unpaired) electrons. The summed E-state index contributed by atoms with van der Waals surface area (Å²) in [6, 6.07) is 8.82. The number of hydrogen-bond donors (Lipinski definition) is 2. The van der Waals surface area contributed by atoms with Crippen molar-refractivity contribution in [1.29, 1.82) is 0 Å². The summed E-state index contributed by atoms with van der Waals surface area (Å²) in [4.78, 5) is 2.34. The molecule has 0 amide bonds. The molecule has 1 aliphatic heterocycles. The normalized spacial score (nSPS) is 32.3. The topological polar surface area (TPSA) is 23.5 Å². The van der Waals surface area contributed by atoms with E-state index in [0.29, 0.717) is 24.0 Å². The first-order chi connectivity index (χ1) is 12.4. The minimum absolute atomic E-state index is 0.161. The number of aliphatic hydroxyl groups is 1. The lowest BCUT2D eigenvalue weighted by atomic mass is 9.68. The third-order valence-electron chi connectivity index (χ3n) is 6.49. The minimum Gasteiger partial charge on any atom is -0.395 e. The molecular formula is C22H32FNOS. The zero-order chi connectivity index (χ0) is 18.8. The van der Waals surface area contributed by atoms with Crippen LogP contribution in [-0.4, -0.2) is 40.6 Å². The van der Waals surface area contributed by atoms with Gasteiger partial charge in [-0.05, 0) is 56.1 Å². The predicted octanol–water partition coefficient (Wildman–Crippen LogP) is 4.74. The van der Waals surface area contributed by atoms with Crippen molar-refractivity contribution >= 4 is 12.6 Å². The van der Waals surface area contributed by atoms with Gasteiger partial charge in [0.15, 0.2) is 0 Å². The molecule has 144 valence electrons. The third-order valence-corrected chi connectivity index (χ3v) is 7.11. The summed E-state index contributed by atoms with van der Waals surface area (Å²) in [7, 11) is 0. The number of nitrogens with zero attached hydrogens (tertiary/aromatic N) is 1. The van der Waals surface area contributed by atoms with E-state index in [9.17, 15) is 9.50 Å². The Labute approximate surface area is 162 Å². The monoisotopic (exact) mass is 377 g/mol. The lowest BCUT2D eigenvalue weighted by Crippen LogP contribution is -2.39. The summed E-state index contributed by atoms with van der Waals surface area (Å²) in [5.74, 6) is 0.341. The molecule has 26 heavy (non-hydrogen) atoms. The molecule has 0 aromatic heterocycles. The van der Waals surface area contributed by atoms with E-state index in [1.807, 2.05) is 6.08 Å². The maximum atomic E-state index is 13.9. The van der Waals surface area contributed by atoms with Gasteiger partial charge in [0.2, 0.25) is 0 Å². The lowest BCUT2D eigenvalue weighted by Gasteiger charge is -2.41. The molecule has 1 saturated heterocycles. The highest BCUT2D eigenvalue weighted by Gasteiger charge is 2.38. The molecule has 1 heterocycles. The Morgan fingerprint density at radius 3 is 2.50 bits per heavy atom. The van der Waals surface area contributed by atoms with Crippen LogP contribution in [-0.2, 0) is 6.54 Å². The van der Waals surface area contributed by atoms with Gasteiger partial charge in [-0.25, -0.2) is 4.39 Å². The van der Waals surface area contributed by atoms with Crippen molar-refractivity contribution in [3.8, 4) is 0 Å². The van der Waals surface area contributed by atoms with E-state index < -0.39 is 5.67 Å². The van der Waals surface area contributed by atoms with Gasteiger partial charge in [0.1, 0.15) is 5.67 Å². The number of piperidine rings is 1. The van der Waals surface area contributed by atoms with Crippen molar-refractivity contribution in [2.45, 2.75) is 62.4 Å². The number of halogens is 1. The average Bonchev–Trinajstić information content (AvgIpc) is 2.65. The van der Waals surface area contributed by atoms with E-state index in [4.69, 9.17) is 12.6 Å². The fourth-order valence-electron chi connectivity index (χ4n) is 4.35. The summed E-state index contributed by atoms with van der Waals surface area (Å²) in [5, 5.41) is 10.2. The molecule has 2 aliphatic rings. The molecule has 4 heteroatoms. The highest BCUT2D eigenvalue weighted by molar-refractivity contribution is 7.81. The molecule has 1 aromatic rings. The van der Waals surface area contributed by atoms with Crippen LogP contribution in [0.1, 0.15) is 56.1 Å². The predicted molar refractivity (Wildman–Crippen MR) is 110 cm³/mol. The van der Waals surface area contributed by atoms with Crippen LogP contribution in [0.2, 0.25) is 0 Å². The molecule has 1 N–H and O–H groups in total. The van der Waals surface area contributed by atoms with E-state index in [1.165, 1.54) is 11.1 Å². The third kappa shape index (κ3) is 4.52. The van der Waals surface area contributed by atoms with E-state index in [2.05, 4.69) is 35.7 Å². The number of rotatable bonds is 5. The van der Waals surface area contributed by atoms with Crippen LogP contribution in [0.3, 0.4) is 0 Å². The summed E-state index contributed by atoms with van der Waals surface area (Å²) in [6.07, 6.45) is 6.04. The number of alkyl halides is 1. The van der Waals surface area contributed by atoms with Gasteiger partial charge in [-0.15, -0.1) is 6.58 Å². The van der Waals surface area contributed by atoms with Crippen LogP contribution in [0, 0.1) is 5.41 Å². The standard InChI is InChI=1S/C22H32FNOS/c1-3-22(16-25)9-8-20(26)19(14-22)18-6-4-17(5-7-18)15-24-12-10-21(2,23)11-13-24/h3-7,19-20,25-26H,1,8-16H2,2H3/t19-,20?,22-/m0/s1. The van der Waals surface area contributed by atoms with Crippen LogP contribution in [0.25, 0.3) is 0 Å². The van der Waals surface area contributed by atoms with E-state index in [1.54, 1.807) is 6.92 Å². The van der Waals surface area contributed by atoms with Crippen LogP contribution >= 0.6 is 12.6 Å². The largest absolute Gasteiger partial charge is 0.395 e. The molecular weight excluding hydrogens is 345 g/mol. The van der Waals surface area contributed by atoms with Crippen LogP contribution in [0.15, 0.2) is 36.9 Å². The SMILES string of the molecule is C=C[C@]1(CO)CCC(S)[C@H](c2ccc(CN3CCC(C)(F)CC3)cc2)C1. The van der Waals surface area contributed by atoms with Gasteiger partial charge in [-0.2, -0.15) is 12.6 Å². The van der Waals surface area contributed by atoms with Crippen LogP contribution in [0.4, 0.5) is 4.39 Å². The second kappa shape index (κ2) is 8.04. The second-order valence-corrected chi connectivity index (χ2v) is 9.24. The number of benzene rings is 1. The Kier molecular flexibility index (Phi) is 6.15. The van der Waals surface area contributed by atoms with Crippen molar-refractivity contribution in [1.82, 2.24) is 4.90 Å². The first kappa shape index (κ1) is 19.9. The summed E-state index contributed by atoms with van der Waals surface area (Å²) < 4.78 is 13.9. The average molecular weight is 378 g/mol. The first-order valence-corrected chi connectivity index (χ1v) is 10.3. The Hall–Kier alpha value is -0.840. The molecule has 3 atom stereocenters. The highest BCUT2D eigenvalue weighted by atomic mass is 32.1. The second-order valence-electron chi connectivity index (χ2n) is 8.57. The van der Waals surface area contributed by atoms with Crippen LogP contribution in [0.5, 0.6) is 0 Å². The fraction of sp³-hybridized carbons (Fsp3) is 0.636. The number of thiol groups is 1. The summed E-state index contributed by atoms with van der Waals surface area (Å²) >= 11 is 4.81. The van der Waals surface area contributed by atoms with Gasteiger partial charge in [0, 0.05) is 30.3 Å². The van der Waals surface area contributed by atoms with Crippen molar-refractivity contribution in [3.05, 3.63) is 48.0 Å². The summed E-state index contributed by atoms with van der Waals surface area (Å²) in [5.41, 5.74) is 1.41. The Bertz CT molecular complexity index is 607. The van der Waals surface area contributed by atoms with Crippen molar-refractivity contribution in [2.24, 2.45) is 5.41 Å². The smallest absolute Gasteiger partial charge is 0.110 e. The molecule has 2 fully saturated rings. The van der Waals surface area contributed by atoms with Crippen molar-refractivity contribution < 1.29 is 9.50 Å². The van der Waals surface area contributed by atoms with Crippen molar-refractivity contribution in [2.75, 3.05) is 19.7 Å². The zero-order valence-electron chi connectivity index (χ0n) is 15.8. The minimum atomic E-state index is -0.993. The molecule has 1 saturated carbocycles. The van der Waals surface area contributed by atoms with Crippen molar-refractivity contribution in [3.63, 3.8) is 0 Å². The molecule has 1 aliphatic carbocycles. The number of likely N-dealkylation sites (tertiary alicyclic amines) is 1. The first-order valence-electron chi connectivity index (χ1n) is 9.79. The molecule has 0 bridgehead atoms. The molecule has 2 nitrogen and oxygen atoms in total. The van der Waals surface area contributed by atoms with Crippen LogP contribution < -0.4 is 0 Å². The Morgan fingerprint density at radius 2 is 1.92 bits per heavy atom. The Morgan fingerprint density at radius 1 is 1.27 bits per heavy atom. The van der Waals surface area contributed by atoms with Gasteiger partial charge in [-0.1, -0.05) is 30.3 Å². The molecule has 1 aromatic carbocycles.